The molecule has 1 aromatic heterocycles. The Kier molecular flexibility index (Phi) is 11.9. The largest absolute Gasteiger partial charge is 0.336 e. The first-order valence-electron chi connectivity index (χ1n) is 8.16. The molecule has 0 aliphatic carbocycles. The summed E-state index contributed by atoms with van der Waals surface area (Å²) < 4.78 is 3.49. The molecule has 27 heavy (non-hydrogen) atoms. The molecule has 0 aliphatic rings. The van der Waals surface area contributed by atoms with Crippen LogP contribution < -0.4 is 17.1 Å². The zero-order valence-electron chi connectivity index (χ0n) is 14.8. The van der Waals surface area contributed by atoms with Gasteiger partial charge in [0, 0.05) is 43.6 Å². The summed E-state index contributed by atoms with van der Waals surface area (Å²) in [6.07, 6.45) is 0. The molecule has 6 nitrogen and oxygen atoms in total. The smallest absolute Gasteiger partial charge is 0.247 e. The van der Waals surface area contributed by atoms with Crippen LogP contribution in [0, 0.1) is 5.92 Å². The van der Waals surface area contributed by atoms with E-state index in [1.54, 1.807) is 0 Å². The fourth-order valence-corrected chi connectivity index (χ4v) is 4.90. The van der Waals surface area contributed by atoms with Gasteiger partial charge in [-0.3, -0.25) is 0 Å². The van der Waals surface area contributed by atoms with E-state index in [-0.39, 0.29) is 33.5 Å². The van der Waals surface area contributed by atoms with E-state index in [4.69, 9.17) is 0 Å². The van der Waals surface area contributed by atoms with Crippen LogP contribution in [0.5, 0.6) is 0 Å². The number of aromatic nitrogens is 3. The van der Waals surface area contributed by atoms with Crippen molar-refractivity contribution < 1.29 is 0 Å². The monoisotopic (exact) mass is 765 g/mol. The van der Waals surface area contributed by atoms with Crippen LogP contribution in [0.1, 0.15) is 19.9 Å². The van der Waals surface area contributed by atoms with Crippen molar-refractivity contribution in [3.8, 4) is 0 Å². The predicted octanol–water partition coefficient (Wildman–Crippen LogP) is 3.84. The SMILES string of the molecule is CC(C)C(C(Br)CBr)n1c(=O)n(CC(Br)CBr)c(=O)n(CC(Br)CBr)c1=O. The highest BCUT2D eigenvalue weighted by Gasteiger charge is 2.30. The lowest BCUT2D eigenvalue weighted by atomic mass is 10.0. The molecule has 4 atom stereocenters. The molecular formula is C15H21Br6N3O3. The second-order valence-electron chi connectivity index (χ2n) is 6.35. The third-order valence-electron chi connectivity index (χ3n) is 3.93. The van der Waals surface area contributed by atoms with Crippen LogP contribution in [0.2, 0.25) is 0 Å². The Labute approximate surface area is 208 Å². The van der Waals surface area contributed by atoms with Crippen LogP contribution in [0.4, 0.5) is 0 Å². The fourth-order valence-electron chi connectivity index (χ4n) is 2.68. The lowest BCUT2D eigenvalue weighted by Crippen LogP contribution is -2.58. The van der Waals surface area contributed by atoms with Crippen molar-refractivity contribution in [2.75, 3.05) is 16.0 Å². The molecule has 0 saturated heterocycles. The Balaban J connectivity index is 3.82. The maximum absolute atomic E-state index is 13.2. The van der Waals surface area contributed by atoms with Crippen molar-refractivity contribution in [1.29, 1.82) is 0 Å². The van der Waals surface area contributed by atoms with E-state index < -0.39 is 23.1 Å². The number of halogens is 6. The molecule has 0 saturated carbocycles. The molecule has 0 fully saturated rings. The van der Waals surface area contributed by atoms with Crippen molar-refractivity contribution in [3.63, 3.8) is 0 Å². The second-order valence-corrected chi connectivity index (χ2v) is 12.1. The molecule has 0 radical (unpaired) electrons. The quantitative estimate of drug-likeness (QED) is 0.340. The Morgan fingerprint density at radius 2 is 1.15 bits per heavy atom. The molecule has 0 aliphatic heterocycles. The summed E-state index contributed by atoms with van der Waals surface area (Å²) in [6, 6.07) is -0.405. The minimum absolute atomic E-state index is 0.00334. The van der Waals surface area contributed by atoms with E-state index in [2.05, 4.69) is 95.6 Å². The molecule has 12 heteroatoms. The Hall–Kier alpha value is 1.29. The zero-order chi connectivity index (χ0) is 20.9. The second kappa shape index (κ2) is 12.2. The highest BCUT2D eigenvalue weighted by atomic mass is 79.9. The molecule has 0 bridgehead atoms. The number of hydrogen-bond donors (Lipinski definition) is 0. The number of hydrogen-bond acceptors (Lipinski definition) is 3. The zero-order valence-corrected chi connectivity index (χ0v) is 24.3. The molecule has 1 rings (SSSR count). The van der Waals surface area contributed by atoms with Gasteiger partial charge >= 0.3 is 17.1 Å². The van der Waals surface area contributed by atoms with E-state index in [1.807, 2.05) is 13.8 Å². The Morgan fingerprint density at radius 1 is 0.741 bits per heavy atom. The Morgan fingerprint density at radius 3 is 1.44 bits per heavy atom. The first-order valence-corrected chi connectivity index (χ1v) is 14.3. The van der Waals surface area contributed by atoms with Crippen LogP contribution in [-0.4, -0.2) is 44.2 Å². The van der Waals surface area contributed by atoms with Crippen LogP contribution >= 0.6 is 95.6 Å². The predicted molar refractivity (Wildman–Crippen MR) is 133 cm³/mol. The number of nitrogens with zero attached hydrogens (tertiary/aromatic N) is 3. The first-order chi connectivity index (χ1) is 12.6. The summed E-state index contributed by atoms with van der Waals surface area (Å²) >= 11 is 20.6. The summed E-state index contributed by atoms with van der Waals surface area (Å²) in [5.41, 5.74) is -1.76. The molecule has 1 aromatic rings. The summed E-state index contributed by atoms with van der Waals surface area (Å²) in [6.45, 7) is 4.22. The lowest BCUT2D eigenvalue weighted by molar-refractivity contribution is 0.322. The number of alkyl halides is 6. The summed E-state index contributed by atoms with van der Waals surface area (Å²) in [4.78, 5) is 38.8. The molecule has 0 N–H and O–H groups in total. The van der Waals surface area contributed by atoms with Gasteiger partial charge in [-0.05, 0) is 5.92 Å². The molecule has 1 heterocycles. The van der Waals surface area contributed by atoms with E-state index in [9.17, 15) is 14.4 Å². The van der Waals surface area contributed by atoms with E-state index >= 15 is 0 Å². The molecule has 0 amide bonds. The van der Waals surface area contributed by atoms with Crippen molar-refractivity contribution in [2.45, 2.75) is 47.5 Å². The minimum atomic E-state index is -0.593. The van der Waals surface area contributed by atoms with Gasteiger partial charge in [0.2, 0.25) is 0 Å². The summed E-state index contributed by atoms with van der Waals surface area (Å²) in [5.74, 6) is 0.00334. The van der Waals surface area contributed by atoms with Crippen LogP contribution in [0.3, 0.4) is 0 Å². The lowest BCUT2D eigenvalue weighted by Gasteiger charge is -2.28. The van der Waals surface area contributed by atoms with Gasteiger partial charge in [-0.15, -0.1) is 0 Å². The first kappa shape index (κ1) is 26.3. The van der Waals surface area contributed by atoms with Crippen molar-refractivity contribution in [1.82, 2.24) is 13.7 Å². The van der Waals surface area contributed by atoms with Gasteiger partial charge in [-0.1, -0.05) is 109 Å². The molecule has 0 aromatic carbocycles. The van der Waals surface area contributed by atoms with Gasteiger partial charge in [0.05, 0.1) is 6.04 Å². The van der Waals surface area contributed by atoms with E-state index in [1.165, 1.54) is 4.57 Å². The van der Waals surface area contributed by atoms with Gasteiger partial charge in [0.1, 0.15) is 0 Å². The average Bonchev–Trinajstić information content (AvgIpc) is 2.64. The van der Waals surface area contributed by atoms with Gasteiger partial charge < -0.3 is 0 Å². The van der Waals surface area contributed by atoms with Crippen molar-refractivity contribution >= 4 is 95.6 Å². The Bertz CT molecular complexity index is 740. The molecular weight excluding hydrogens is 750 g/mol. The molecule has 4 unspecified atom stereocenters. The molecule has 156 valence electrons. The van der Waals surface area contributed by atoms with Gasteiger partial charge in [0.15, 0.2) is 0 Å². The normalized spacial score (nSPS) is 16.3. The summed E-state index contributed by atoms with van der Waals surface area (Å²) in [5, 5.41) is 1.69. The fraction of sp³-hybridized carbons (Fsp3) is 0.800. The topological polar surface area (TPSA) is 66.0 Å². The van der Waals surface area contributed by atoms with Gasteiger partial charge in [-0.25, -0.2) is 28.1 Å². The average molecular weight is 771 g/mol. The van der Waals surface area contributed by atoms with E-state index in [0.717, 1.165) is 9.13 Å². The highest BCUT2D eigenvalue weighted by molar-refractivity contribution is 9.12. The minimum Gasteiger partial charge on any atom is -0.247 e. The maximum atomic E-state index is 13.2. The molecule has 0 spiro atoms. The van der Waals surface area contributed by atoms with Gasteiger partial charge in [0.25, 0.3) is 0 Å². The van der Waals surface area contributed by atoms with Crippen molar-refractivity contribution in [3.05, 3.63) is 31.5 Å². The van der Waals surface area contributed by atoms with Crippen LogP contribution in [-0.2, 0) is 13.1 Å². The highest BCUT2D eigenvalue weighted by Crippen LogP contribution is 2.26. The third kappa shape index (κ3) is 6.63. The van der Waals surface area contributed by atoms with Crippen LogP contribution in [0.15, 0.2) is 14.4 Å². The van der Waals surface area contributed by atoms with Gasteiger partial charge in [-0.2, -0.15) is 0 Å². The maximum Gasteiger partial charge on any atom is 0.336 e. The van der Waals surface area contributed by atoms with E-state index in [0.29, 0.717) is 16.0 Å². The standard InChI is InChI=1S/C15H21Br6N3O3/c1-8(2)12(11(21)5-18)24-14(26)22(6-9(19)3-16)13(25)23(15(24)27)7-10(20)4-17/h8-12H,3-7H2,1-2H3. The number of rotatable bonds is 10. The summed E-state index contributed by atoms with van der Waals surface area (Å²) in [7, 11) is 0. The van der Waals surface area contributed by atoms with Crippen LogP contribution in [0.25, 0.3) is 0 Å². The van der Waals surface area contributed by atoms with Crippen molar-refractivity contribution in [2.24, 2.45) is 5.92 Å². The third-order valence-corrected chi connectivity index (χ3v) is 10.9.